The molecule has 0 spiro atoms. The van der Waals surface area contributed by atoms with Crippen molar-refractivity contribution in [2.45, 2.75) is 25.9 Å². The van der Waals surface area contributed by atoms with Crippen molar-refractivity contribution in [1.82, 2.24) is 9.88 Å². The number of carboxylic acid groups (broad SMARTS) is 1. The summed E-state index contributed by atoms with van der Waals surface area (Å²) in [5.41, 5.74) is 1.05. The van der Waals surface area contributed by atoms with E-state index in [1.54, 1.807) is 24.3 Å². The fourth-order valence-electron chi connectivity index (χ4n) is 3.32. The lowest BCUT2D eigenvalue weighted by molar-refractivity contribution is -0.141. The number of aromatic nitrogens is 1. The number of carbonyl (C=O) groups excluding carboxylic acids is 1. The normalized spacial score (nSPS) is 19.3. The Labute approximate surface area is 162 Å². The van der Waals surface area contributed by atoms with Gasteiger partial charge >= 0.3 is 5.97 Å². The SMILES string of the molecule is CC(C)Oc1cccnc1C(=O)N1C[C@@H](C(=O)O)[C@H](c2ccc(Cl)cc2)C1. The van der Waals surface area contributed by atoms with Gasteiger partial charge in [0, 0.05) is 30.2 Å². The van der Waals surface area contributed by atoms with Crippen molar-refractivity contribution < 1.29 is 19.4 Å². The van der Waals surface area contributed by atoms with E-state index >= 15 is 0 Å². The summed E-state index contributed by atoms with van der Waals surface area (Å²) in [5, 5.41) is 10.2. The predicted octanol–water partition coefficient (Wildman–Crippen LogP) is 3.46. The second-order valence-corrected chi connectivity index (χ2v) is 7.27. The molecule has 0 aliphatic carbocycles. The van der Waals surface area contributed by atoms with Gasteiger partial charge < -0.3 is 14.7 Å². The van der Waals surface area contributed by atoms with Crippen LogP contribution in [0.5, 0.6) is 5.75 Å². The first-order valence-corrected chi connectivity index (χ1v) is 9.14. The molecule has 0 radical (unpaired) electrons. The number of amides is 1. The maximum atomic E-state index is 13.0. The first-order chi connectivity index (χ1) is 12.9. The van der Waals surface area contributed by atoms with Gasteiger partial charge in [-0.25, -0.2) is 4.98 Å². The molecule has 1 N–H and O–H groups in total. The molecule has 1 aromatic carbocycles. The molecule has 1 fully saturated rings. The Morgan fingerprint density at radius 2 is 1.93 bits per heavy atom. The predicted molar refractivity (Wildman–Crippen MR) is 101 cm³/mol. The highest BCUT2D eigenvalue weighted by Crippen LogP contribution is 2.35. The molecule has 1 aliphatic heterocycles. The van der Waals surface area contributed by atoms with Gasteiger partial charge in [0.2, 0.25) is 0 Å². The fourth-order valence-corrected chi connectivity index (χ4v) is 3.44. The maximum Gasteiger partial charge on any atom is 0.308 e. The Morgan fingerprint density at radius 1 is 1.22 bits per heavy atom. The molecule has 0 unspecified atom stereocenters. The molecule has 2 atom stereocenters. The van der Waals surface area contributed by atoms with E-state index in [-0.39, 0.29) is 30.2 Å². The Balaban J connectivity index is 1.87. The van der Waals surface area contributed by atoms with Gasteiger partial charge in [0.15, 0.2) is 11.4 Å². The van der Waals surface area contributed by atoms with Gasteiger partial charge in [0.05, 0.1) is 12.0 Å². The lowest BCUT2D eigenvalue weighted by Gasteiger charge is -2.19. The number of carboxylic acids is 1. The van der Waals surface area contributed by atoms with Gasteiger partial charge in [-0.3, -0.25) is 9.59 Å². The molecule has 3 rings (SSSR count). The number of aliphatic carboxylic acids is 1. The van der Waals surface area contributed by atoms with Crippen molar-refractivity contribution in [2.24, 2.45) is 5.92 Å². The average Bonchev–Trinajstić information content (AvgIpc) is 3.07. The zero-order chi connectivity index (χ0) is 19.6. The molecule has 1 aromatic heterocycles. The molecule has 7 heteroatoms. The summed E-state index contributed by atoms with van der Waals surface area (Å²) in [4.78, 5) is 30.5. The monoisotopic (exact) mass is 388 g/mol. The van der Waals surface area contributed by atoms with Gasteiger partial charge in [-0.15, -0.1) is 0 Å². The minimum atomic E-state index is -0.926. The number of carbonyl (C=O) groups is 2. The number of pyridine rings is 1. The molecule has 1 aliphatic rings. The van der Waals surface area contributed by atoms with E-state index in [9.17, 15) is 14.7 Å². The molecule has 2 heterocycles. The third kappa shape index (κ3) is 4.22. The van der Waals surface area contributed by atoms with Gasteiger partial charge in [-0.1, -0.05) is 23.7 Å². The van der Waals surface area contributed by atoms with Crippen LogP contribution >= 0.6 is 11.6 Å². The van der Waals surface area contributed by atoms with E-state index in [4.69, 9.17) is 16.3 Å². The third-order valence-corrected chi connectivity index (χ3v) is 4.81. The summed E-state index contributed by atoms with van der Waals surface area (Å²) in [5.74, 6) is -1.84. The van der Waals surface area contributed by atoms with Crippen LogP contribution in [-0.4, -0.2) is 46.1 Å². The second kappa shape index (κ2) is 7.96. The van der Waals surface area contributed by atoms with Crippen LogP contribution in [0.2, 0.25) is 5.02 Å². The minimum Gasteiger partial charge on any atom is -0.489 e. The van der Waals surface area contributed by atoms with Crippen molar-refractivity contribution in [3.8, 4) is 5.75 Å². The molecular weight excluding hydrogens is 368 g/mol. The summed E-state index contributed by atoms with van der Waals surface area (Å²) >= 11 is 5.93. The van der Waals surface area contributed by atoms with Crippen LogP contribution in [0, 0.1) is 5.92 Å². The second-order valence-electron chi connectivity index (χ2n) is 6.83. The van der Waals surface area contributed by atoms with Crippen molar-refractivity contribution >= 4 is 23.5 Å². The first-order valence-electron chi connectivity index (χ1n) is 8.76. The number of nitrogens with zero attached hydrogens (tertiary/aromatic N) is 2. The van der Waals surface area contributed by atoms with Crippen LogP contribution in [0.3, 0.4) is 0 Å². The quantitative estimate of drug-likeness (QED) is 0.848. The highest BCUT2D eigenvalue weighted by molar-refractivity contribution is 6.30. The molecule has 0 saturated carbocycles. The van der Waals surface area contributed by atoms with E-state index in [1.165, 1.54) is 11.1 Å². The van der Waals surface area contributed by atoms with E-state index in [0.717, 1.165) is 5.56 Å². The molecule has 142 valence electrons. The van der Waals surface area contributed by atoms with Crippen molar-refractivity contribution in [2.75, 3.05) is 13.1 Å². The van der Waals surface area contributed by atoms with Crippen LogP contribution in [0.4, 0.5) is 0 Å². The highest BCUT2D eigenvalue weighted by Gasteiger charge is 2.41. The standard InChI is InChI=1S/C20H21ClN2O4/c1-12(2)27-17-4-3-9-22-18(17)19(24)23-10-15(16(11-23)20(25)26)13-5-7-14(21)8-6-13/h3-9,12,15-16H,10-11H2,1-2H3,(H,25,26)/t15-,16+/m0/s1. The maximum absolute atomic E-state index is 13.0. The Hall–Kier alpha value is -2.60. The Morgan fingerprint density at radius 3 is 2.56 bits per heavy atom. The van der Waals surface area contributed by atoms with Crippen LogP contribution in [0.15, 0.2) is 42.6 Å². The Bertz CT molecular complexity index is 838. The molecule has 1 saturated heterocycles. The lowest BCUT2D eigenvalue weighted by atomic mass is 9.89. The van der Waals surface area contributed by atoms with Gasteiger partial charge in [0.25, 0.3) is 5.91 Å². The third-order valence-electron chi connectivity index (χ3n) is 4.56. The summed E-state index contributed by atoms with van der Waals surface area (Å²) in [6.07, 6.45) is 1.43. The minimum absolute atomic E-state index is 0.104. The number of likely N-dealkylation sites (tertiary alicyclic amines) is 1. The van der Waals surface area contributed by atoms with Crippen LogP contribution in [-0.2, 0) is 4.79 Å². The highest BCUT2D eigenvalue weighted by atomic mass is 35.5. The van der Waals surface area contributed by atoms with E-state index < -0.39 is 11.9 Å². The zero-order valence-corrected chi connectivity index (χ0v) is 15.9. The first kappa shape index (κ1) is 19.2. The summed E-state index contributed by atoms with van der Waals surface area (Å²) in [6.45, 7) is 4.16. The number of halogens is 1. The summed E-state index contributed by atoms with van der Waals surface area (Å²) in [7, 11) is 0. The number of ether oxygens (including phenoxy) is 1. The van der Waals surface area contributed by atoms with E-state index in [0.29, 0.717) is 17.3 Å². The molecule has 2 aromatic rings. The van der Waals surface area contributed by atoms with E-state index in [1.807, 2.05) is 26.0 Å². The molecular formula is C20H21ClN2O4. The Kier molecular flexibility index (Phi) is 5.65. The largest absolute Gasteiger partial charge is 0.489 e. The zero-order valence-electron chi connectivity index (χ0n) is 15.1. The van der Waals surface area contributed by atoms with Crippen molar-refractivity contribution in [3.05, 3.63) is 58.9 Å². The van der Waals surface area contributed by atoms with Gasteiger partial charge in [-0.2, -0.15) is 0 Å². The van der Waals surface area contributed by atoms with Crippen LogP contribution in [0.25, 0.3) is 0 Å². The average molecular weight is 389 g/mol. The molecule has 27 heavy (non-hydrogen) atoms. The molecule has 6 nitrogen and oxygen atoms in total. The summed E-state index contributed by atoms with van der Waals surface area (Å²) < 4.78 is 5.68. The molecule has 1 amide bonds. The van der Waals surface area contributed by atoms with Gasteiger partial charge in [-0.05, 0) is 43.7 Å². The lowest BCUT2D eigenvalue weighted by Crippen LogP contribution is -2.31. The number of benzene rings is 1. The number of hydrogen-bond acceptors (Lipinski definition) is 4. The molecule has 0 bridgehead atoms. The van der Waals surface area contributed by atoms with Crippen molar-refractivity contribution in [3.63, 3.8) is 0 Å². The summed E-state index contributed by atoms with van der Waals surface area (Å²) in [6, 6.07) is 10.5. The number of hydrogen-bond donors (Lipinski definition) is 1. The van der Waals surface area contributed by atoms with Crippen LogP contribution in [0.1, 0.15) is 35.8 Å². The van der Waals surface area contributed by atoms with Crippen LogP contribution < -0.4 is 4.74 Å². The van der Waals surface area contributed by atoms with Gasteiger partial charge in [0.1, 0.15) is 0 Å². The number of rotatable bonds is 5. The van der Waals surface area contributed by atoms with E-state index in [2.05, 4.69) is 4.98 Å². The topological polar surface area (TPSA) is 79.7 Å². The fraction of sp³-hybridized carbons (Fsp3) is 0.350. The smallest absolute Gasteiger partial charge is 0.308 e. The van der Waals surface area contributed by atoms with Crippen molar-refractivity contribution in [1.29, 1.82) is 0 Å².